The summed E-state index contributed by atoms with van der Waals surface area (Å²) in [4.78, 5) is 0. The fourth-order valence-corrected chi connectivity index (χ4v) is 2.74. The predicted molar refractivity (Wildman–Crippen MR) is 88.7 cm³/mol. The average Bonchev–Trinajstić information content (AvgIpc) is 2.91. The Balaban J connectivity index is 1.93. The summed E-state index contributed by atoms with van der Waals surface area (Å²) in [6.45, 7) is 4.39. The molecule has 1 heterocycles. The molecule has 4 heteroatoms. The van der Waals surface area contributed by atoms with Crippen LogP contribution >= 0.6 is 11.6 Å². The second-order valence-corrected chi connectivity index (χ2v) is 5.99. The van der Waals surface area contributed by atoms with Crippen LogP contribution in [0.2, 0.25) is 5.02 Å². The Morgan fingerprint density at radius 3 is 2.38 bits per heavy atom. The summed E-state index contributed by atoms with van der Waals surface area (Å²) in [5, 5.41) is 5.42. The molecule has 1 atom stereocenters. The third kappa shape index (κ3) is 4.58. The Labute approximate surface area is 132 Å². The van der Waals surface area contributed by atoms with Crippen molar-refractivity contribution >= 4 is 11.6 Å². The smallest absolute Gasteiger partial charge is 0.0640 e. The highest BCUT2D eigenvalue weighted by atomic mass is 35.5. The minimum absolute atomic E-state index is 0.0798. The standard InChI is InChI=1S/C17H24ClN3/c1-3-17(4-2)21-10-9-16(20-21)12-15(19)11-13-5-7-14(18)8-6-13/h5-10,15,17H,3-4,11-12,19H2,1-2H3. The van der Waals surface area contributed by atoms with Gasteiger partial charge in [-0.15, -0.1) is 0 Å². The van der Waals surface area contributed by atoms with Gasteiger partial charge < -0.3 is 5.73 Å². The first kappa shape index (κ1) is 16.1. The first-order valence-electron chi connectivity index (χ1n) is 7.66. The monoisotopic (exact) mass is 305 g/mol. The number of rotatable bonds is 7. The Hall–Kier alpha value is -1.32. The van der Waals surface area contributed by atoms with E-state index in [1.807, 2.05) is 24.3 Å². The Kier molecular flexibility index (Phi) is 5.83. The molecule has 0 saturated heterocycles. The van der Waals surface area contributed by atoms with Crippen molar-refractivity contribution in [3.8, 4) is 0 Å². The SMILES string of the molecule is CCC(CC)n1ccc(CC(N)Cc2ccc(Cl)cc2)n1. The van der Waals surface area contributed by atoms with Crippen molar-refractivity contribution in [2.24, 2.45) is 5.73 Å². The van der Waals surface area contributed by atoms with Gasteiger partial charge in [-0.25, -0.2) is 0 Å². The van der Waals surface area contributed by atoms with Crippen LogP contribution in [0, 0.1) is 0 Å². The van der Waals surface area contributed by atoms with Gasteiger partial charge in [-0.05, 0) is 43.0 Å². The summed E-state index contributed by atoms with van der Waals surface area (Å²) in [7, 11) is 0. The second-order valence-electron chi connectivity index (χ2n) is 5.55. The van der Waals surface area contributed by atoms with E-state index in [4.69, 9.17) is 17.3 Å². The number of hydrogen-bond acceptors (Lipinski definition) is 2. The molecular formula is C17H24ClN3. The Morgan fingerprint density at radius 2 is 1.76 bits per heavy atom. The van der Waals surface area contributed by atoms with Crippen LogP contribution in [0.15, 0.2) is 36.5 Å². The van der Waals surface area contributed by atoms with Gasteiger partial charge >= 0.3 is 0 Å². The number of halogens is 1. The quantitative estimate of drug-likeness (QED) is 0.840. The van der Waals surface area contributed by atoms with E-state index >= 15 is 0 Å². The molecule has 0 saturated carbocycles. The van der Waals surface area contributed by atoms with Crippen molar-refractivity contribution in [3.05, 3.63) is 52.8 Å². The zero-order valence-electron chi connectivity index (χ0n) is 12.8. The maximum absolute atomic E-state index is 6.24. The molecule has 2 aromatic rings. The summed E-state index contributed by atoms with van der Waals surface area (Å²) in [6, 6.07) is 10.5. The fraction of sp³-hybridized carbons (Fsp3) is 0.471. The highest BCUT2D eigenvalue weighted by Crippen LogP contribution is 2.16. The summed E-state index contributed by atoms with van der Waals surface area (Å²) in [5.74, 6) is 0. The number of benzene rings is 1. The lowest BCUT2D eigenvalue weighted by atomic mass is 10.0. The number of hydrogen-bond donors (Lipinski definition) is 1. The maximum atomic E-state index is 6.24. The summed E-state index contributed by atoms with van der Waals surface area (Å²) < 4.78 is 2.07. The Morgan fingerprint density at radius 1 is 1.10 bits per heavy atom. The molecule has 1 aromatic carbocycles. The third-order valence-electron chi connectivity index (χ3n) is 3.86. The highest BCUT2D eigenvalue weighted by molar-refractivity contribution is 6.30. The van der Waals surface area contributed by atoms with Gasteiger partial charge in [-0.2, -0.15) is 5.10 Å². The van der Waals surface area contributed by atoms with E-state index in [0.29, 0.717) is 6.04 Å². The summed E-state index contributed by atoms with van der Waals surface area (Å²) >= 11 is 5.89. The van der Waals surface area contributed by atoms with Crippen LogP contribution in [-0.2, 0) is 12.8 Å². The van der Waals surface area contributed by atoms with E-state index in [0.717, 1.165) is 36.4 Å². The predicted octanol–water partition coefficient (Wildman–Crippen LogP) is 4.01. The van der Waals surface area contributed by atoms with Crippen molar-refractivity contribution in [3.63, 3.8) is 0 Å². The molecule has 0 spiro atoms. The molecule has 0 aliphatic rings. The maximum Gasteiger partial charge on any atom is 0.0640 e. The molecule has 21 heavy (non-hydrogen) atoms. The molecule has 3 nitrogen and oxygen atoms in total. The van der Waals surface area contributed by atoms with Gasteiger partial charge in [0.05, 0.1) is 11.7 Å². The van der Waals surface area contributed by atoms with Crippen molar-refractivity contribution in [1.29, 1.82) is 0 Å². The van der Waals surface area contributed by atoms with Crippen LogP contribution < -0.4 is 5.73 Å². The molecule has 1 unspecified atom stereocenters. The van der Waals surface area contributed by atoms with E-state index < -0.39 is 0 Å². The number of nitrogens with zero attached hydrogens (tertiary/aromatic N) is 2. The van der Waals surface area contributed by atoms with E-state index in [9.17, 15) is 0 Å². The van der Waals surface area contributed by atoms with Crippen molar-refractivity contribution in [2.75, 3.05) is 0 Å². The van der Waals surface area contributed by atoms with Gasteiger partial charge in [-0.3, -0.25) is 4.68 Å². The molecule has 114 valence electrons. The van der Waals surface area contributed by atoms with Gasteiger partial charge in [0.25, 0.3) is 0 Å². The van der Waals surface area contributed by atoms with Crippen LogP contribution in [0.4, 0.5) is 0 Å². The molecule has 1 aromatic heterocycles. The van der Waals surface area contributed by atoms with Gasteiger partial charge in [0.2, 0.25) is 0 Å². The number of aromatic nitrogens is 2. The Bertz CT molecular complexity index is 543. The van der Waals surface area contributed by atoms with E-state index in [2.05, 4.69) is 35.9 Å². The fourth-order valence-electron chi connectivity index (χ4n) is 2.62. The molecule has 2 rings (SSSR count). The lowest BCUT2D eigenvalue weighted by Gasteiger charge is -2.13. The van der Waals surface area contributed by atoms with Crippen LogP contribution in [-0.4, -0.2) is 15.8 Å². The van der Waals surface area contributed by atoms with Crippen LogP contribution in [0.25, 0.3) is 0 Å². The van der Waals surface area contributed by atoms with Gasteiger partial charge in [-0.1, -0.05) is 37.6 Å². The summed E-state index contributed by atoms with van der Waals surface area (Å²) in [6.07, 6.45) is 5.93. The van der Waals surface area contributed by atoms with E-state index in [1.54, 1.807) is 0 Å². The molecule has 2 N–H and O–H groups in total. The third-order valence-corrected chi connectivity index (χ3v) is 4.11. The average molecular weight is 306 g/mol. The second kappa shape index (κ2) is 7.62. The lowest BCUT2D eigenvalue weighted by molar-refractivity contribution is 0.424. The largest absolute Gasteiger partial charge is 0.327 e. The van der Waals surface area contributed by atoms with E-state index in [1.165, 1.54) is 5.56 Å². The minimum Gasteiger partial charge on any atom is -0.327 e. The zero-order chi connectivity index (χ0) is 15.2. The van der Waals surface area contributed by atoms with Crippen molar-refractivity contribution < 1.29 is 0 Å². The van der Waals surface area contributed by atoms with E-state index in [-0.39, 0.29) is 6.04 Å². The summed E-state index contributed by atoms with van der Waals surface area (Å²) in [5.41, 5.74) is 8.53. The molecule has 0 fully saturated rings. The molecular weight excluding hydrogens is 282 g/mol. The molecule has 0 radical (unpaired) electrons. The van der Waals surface area contributed by atoms with Crippen molar-refractivity contribution in [2.45, 2.75) is 51.6 Å². The van der Waals surface area contributed by atoms with Gasteiger partial charge in [0.1, 0.15) is 0 Å². The molecule has 0 aliphatic carbocycles. The minimum atomic E-state index is 0.0798. The highest BCUT2D eigenvalue weighted by Gasteiger charge is 2.11. The van der Waals surface area contributed by atoms with Crippen LogP contribution in [0.5, 0.6) is 0 Å². The van der Waals surface area contributed by atoms with Crippen LogP contribution in [0.3, 0.4) is 0 Å². The zero-order valence-corrected chi connectivity index (χ0v) is 13.6. The lowest BCUT2D eigenvalue weighted by Crippen LogP contribution is -2.25. The first-order chi connectivity index (χ1) is 10.1. The van der Waals surface area contributed by atoms with Gasteiger partial charge in [0.15, 0.2) is 0 Å². The first-order valence-corrected chi connectivity index (χ1v) is 8.04. The molecule has 0 bridgehead atoms. The topological polar surface area (TPSA) is 43.8 Å². The van der Waals surface area contributed by atoms with Gasteiger partial charge in [0, 0.05) is 23.7 Å². The molecule has 0 aliphatic heterocycles. The molecule has 0 amide bonds. The number of nitrogens with two attached hydrogens (primary N) is 1. The van der Waals surface area contributed by atoms with Crippen LogP contribution in [0.1, 0.15) is 44.0 Å². The van der Waals surface area contributed by atoms with Crippen molar-refractivity contribution in [1.82, 2.24) is 9.78 Å². The normalized spacial score (nSPS) is 12.8.